The van der Waals surface area contributed by atoms with Crippen molar-refractivity contribution in [2.75, 3.05) is 0 Å². The summed E-state index contributed by atoms with van der Waals surface area (Å²) in [6.07, 6.45) is 4.01. The summed E-state index contributed by atoms with van der Waals surface area (Å²) in [7, 11) is 3.02. The van der Waals surface area contributed by atoms with E-state index in [4.69, 9.17) is 0 Å². The van der Waals surface area contributed by atoms with E-state index in [0.29, 0.717) is 24.1 Å². The fourth-order valence-electron chi connectivity index (χ4n) is 3.73. The van der Waals surface area contributed by atoms with Crippen LogP contribution in [-0.4, -0.2) is 29.6 Å². The molecule has 9 heteroatoms. The Morgan fingerprint density at radius 1 is 1.00 bits per heavy atom. The predicted octanol–water partition coefficient (Wildman–Crippen LogP) is 1.51. The molecule has 9 nitrogen and oxygen atoms in total. The SMILES string of the molecule is Cn1c(=O)c2c(ncn2CCCC(=O)NC(c2ccccc2)c2ccccn2)n(C)c1=O. The number of benzene rings is 1. The Morgan fingerprint density at radius 2 is 1.75 bits per heavy atom. The van der Waals surface area contributed by atoms with Gasteiger partial charge in [-0.15, -0.1) is 0 Å². The van der Waals surface area contributed by atoms with E-state index >= 15 is 0 Å². The Labute approximate surface area is 184 Å². The molecule has 1 unspecified atom stereocenters. The van der Waals surface area contributed by atoms with E-state index in [1.165, 1.54) is 17.9 Å². The van der Waals surface area contributed by atoms with Crippen molar-refractivity contribution in [2.24, 2.45) is 14.1 Å². The van der Waals surface area contributed by atoms with Crippen LogP contribution in [0.2, 0.25) is 0 Å². The molecule has 0 bridgehead atoms. The lowest BCUT2D eigenvalue weighted by Gasteiger charge is -2.19. The molecule has 1 atom stereocenters. The van der Waals surface area contributed by atoms with Gasteiger partial charge in [0.2, 0.25) is 5.91 Å². The highest BCUT2D eigenvalue weighted by molar-refractivity contribution is 5.77. The number of aromatic nitrogens is 5. The van der Waals surface area contributed by atoms with Crippen LogP contribution in [0.15, 0.2) is 70.6 Å². The molecule has 0 fully saturated rings. The first-order valence-electron chi connectivity index (χ1n) is 10.3. The fourth-order valence-corrected chi connectivity index (χ4v) is 3.73. The molecule has 0 aliphatic carbocycles. The van der Waals surface area contributed by atoms with Crippen LogP contribution >= 0.6 is 0 Å². The van der Waals surface area contributed by atoms with Gasteiger partial charge in [-0.1, -0.05) is 36.4 Å². The molecular formula is C23H24N6O3. The number of carbonyl (C=O) groups excluding carboxylic acids is 1. The third-order valence-electron chi connectivity index (χ3n) is 5.44. The maximum atomic E-state index is 12.7. The van der Waals surface area contributed by atoms with Crippen LogP contribution < -0.4 is 16.6 Å². The molecule has 0 saturated heterocycles. The monoisotopic (exact) mass is 432 g/mol. The van der Waals surface area contributed by atoms with Crippen molar-refractivity contribution in [3.05, 3.63) is 93.2 Å². The minimum Gasteiger partial charge on any atom is -0.344 e. The average Bonchev–Trinajstić information content (AvgIpc) is 3.25. The summed E-state index contributed by atoms with van der Waals surface area (Å²) in [5.41, 5.74) is 1.58. The summed E-state index contributed by atoms with van der Waals surface area (Å²) < 4.78 is 4.10. The van der Waals surface area contributed by atoms with E-state index < -0.39 is 11.2 Å². The van der Waals surface area contributed by atoms with Crippen molar-refractivity contribution in [1.29, 1.82) is 0 Å². The van der Waals surface area contributed by atoms with Crippen molar-refractivity contribution in [3.8, 4) is 0 Å². The molecule has 1 aromatic carbocycles. The summed E-state index contributed by atoms with van der Waals surface area (Å²) in [6.45, 7) is 0.428. The fraction of sp³-hybridized carbons (Fsp3) is 0.261. The summed E-state index contributed by atoms with van der Waals surface area (Å²) in [4.78, 5) is 46.0. The van der Waals surface area contributed by atoms with Gasteiger partial charge in [-0.2, -0.15) is 0 Å². The smallest absolute Gasteiger partial charge is 0.332 e. The zero-order valence-electron chi connectivity index (χ0n) is 17.9. The number of carbonyl (C=O) groups is 1. The van der Waals surface area contributed by atoms with Crippen LogP contribution in [-0.2, 0) is 25.4 Å². The highest BCUT2D eigenvalue weighted by Crippen LogP contribution is 2.20. The van der Waals surface area contributed by atoms with Gasteiger partial charge in [0.05, 0.1) is 18.1 Å². The molecule has 164 valence electrons. The quantitative estimate of drug-likeness (QED) is 0.477. The molecule has 1 amide bonds. The highest BCUT2D eigenvalue weighted by Gasteiger charge is 2.18. The van der Waals surface area contributed by atoms with E-state index in [9.17, 15) is 14.4 Å². The number of nitrogens with zero attached hydrogens (tertiary/aromatic N) is 5. The molecule has 32 heavy (non-hydrogen) atoms. The molecule has 0 spiro atoms. The number of amides is 1. The first-order chi connectivity index (χ1) is 15.5. The zero-order chi connectivity index (χ0) is 22.7. The Kier molecular flexibility index (Phi) is 5.98. The van der Waals surface area contributed by atoms with E-state index in [2.05, 4.69) is 15.3 Å². The molecule has 0 aliphatic rings. The Balaban J connectivity index is 1.47. The summed E-state index contributed by atoms with van der Waals surface area (Å²) >= 11 is 0. The molecule has 3 heterocycles. The molecule has 0 saturated carbocycles. The van der Waals surface area contributed by atoms with E-state index in [-0.39, 0.29) is 18.4 Å². The lowest BCUT2D eigenvalue weighted by atomic mass is 10.0. The summed E-state index contributed by atoms with van der Waals surface area (Å²) in [5, 5.41) is 3.07. The lowest BCUT2D eigenvalue weighted by molar-refractivity contribution is -0.121. The van der Waals surface area contributed by atoms with Crippen molar-refractivity contribution in [1.82, 2.24) is 29.0 Å². The molecule has 3 aromatic heterocycles. The van der Waals surface area contributed by atoms with Crippen molar-refractivity contribution in [2.45, 2.75) is 25.4 Å². The third kappa shape index (κ3) is 4.09. The standard InChI is InChI=1S/C23H24N6O3/c1-27-21-20(22(31)28(2)23(27)32)29(15-25-21)14-8-12-18(30)26-19(16-9-4-3-5-10-16)17-11-6-7-13-24-17/h3-7,9-11,13,15,19H,8,12,14H2,1-2H3,(H,26,30). The molecule has 1 N–H and O–H groups in total. The van der Waals surface area contributed by atoms with Crippen LogP contribution in [0.4, 0.5) is 0 Å². The first kappa shape index (κ1) is 21.2. The molecule has 4 aromatic rings. The lowest BCUT2D eigenvalue weighted by Crippen LogP contribution is -2.37. The number of hydrogen-bond donors (Lipinski definition) is 1. The minimum absolute atomic E-state index is 0.116. The Morgan fingerprint density at radius 3 is 2.47 bits per heavy atom. The first-order valence-corrected chi connectivity index (χ1v) is 10.3. The average molecular weight is 432 g/mol. The van der Waals surface area contributed by atoms with E-state index in [0.717, 1.165) is 15.8 Å². The molecule has 4 rings (SSSR count). The predicted molar refractivity (Wildman–Crippen MR) is 120 cm³/mol. The second-order valence-corrected chi connectivity index (χ2v) is 7.59. The summed E-state index contributed by atoms with van der Waals surface area (Å²) in [6, 6.07) is 15.0. The van der Waals surface area contributed by atoms with Crippen molar-refractivity contribution >= 4 is 17.1 Å². The number of rotatable bonds is 7. The number of imidazole rings is 1. The van der Waals surface area contributed by atoms with Gasteiger partial charge in [0, 0.05) is 33.3 Å². The Bertz CT molecular complexity index is 1320. The van der Waals surface area contributed by atoms with Crippen LogP contribution in [0.5, 0.6) is 0 Å². The topological polar surface area (TPSA) is 104 Å². The number of nitrogens with one attached hydrogen (secondary N) is 1. The Hall–Kier alpha value is -4.01. The normalized spacial score (nSPS) is 12.1. The van der Waals surface area contributed by atoms with Gasteiger partial charge in [-0.3, -0.25) is 23.7 Å². The van der Waals surface area contributed by atoms with E-state index in [1.54, 1.807) is 17.8 Å². The van der Waals surface area contributed by atoms with Gasteiger partial charge in [-0.25, -0.2) is 9.78 Å². The third-order valence-corrected chi connectivity index (χ3v) is 5.44. The van der Waals surface area contributed by atoms with Crippen LogP contribution in [0.25, 0.3) is 11.2 Å². The van der Waals surface area contributed by atoms with Gasteiger partial charge in [0.1, 0.15) is 0 Å². The van der Waals surface area contributed by atoms with Gasteiger partial charge in [0.25, 0.3) is 5.56 Å². The maximum absolute atomic E-state index is 12.7. The number of fused-ring (bicyclic) bond motifs is 1. The second-order valence-electron chi connectivity index (χ2n) is 7.59. The van der Waals surface area contributed by atoms with Gasteiger partial charge < -0.3 is 9.88 Å². The highest BCUT2D eigenvalue weighted by atomic mass is 16.2. The van der Waals surface area contributed by atoms with Gasteiger partial charge in [0.15, 0.2) is 11.2 Å². The van der Waals surface area contributed by atoms with E-state index in [1.807, 2.05) is 48.5 Å². The minimum atomic E-state index is -0.423. The van der Waals surface area contributed by atoms with Crippen molar-refractivity contribution < 1.29 is 4.79 Å². The van der Waals surface area contributed by atoms with Crippen LogP contribution in [0.1, 0.15) is 30.1 Å². The summed E-state index contributed by atoms with van der Waals surface area (Å²) in [5.74, 6) is -0.116. The van der Waals surface area contributed by atoms with Crippen molar-refractivity contribution in [3.63, 3.8) is 0 Å². The van der Waals surface area contributed by atoms with Gasteiger partial charge in [-0.05, 0) is 24.1 Å². The largest absolute Gasteiger partial charge is 0.344 e. The number of aryl methyl sites for hydroxylation is 2. The second kappa shape index (κ2) is 9.01. The maximum Gasteiger partial charge on any atom is 0.332 e. The van der Waals surface area contributed by atoms with Crippen LogP contribution in [0.3, 0.4) is 0 Å². The zero-order valence-corrected chi connectivity index (χ0v) is 17.9. The molecular weight excluding hydrogens is 408 g/mol. The van der Waals surface area contributed by atoms with Gasteiger partial charge >= 0.3 is 5.69 Å². The molecule has 0 radical (unpaired) electrons. The number of hydrogen-bond acceptors (Lipinski definition) is 5. The molecule has 0 aliphatic heterocycles. The van der Waals surface area contributed by atoms with Crippen LogP contribution in [0, 0.1) is 0 Å². The number of pyridine rings is 1.